The molecule has 0 aliphatic carbocycles. The number of nitrogens with one attached hydrogen (secondary N) is 1. The molecular formula is C14H22N2O2. The number of hydrogen-bond acceptors (Lipinski definition) is 2. The standard InChI is InChI=1S/C14H22N2O2/c1-2-3-4-5-9-15-14(18)8-11-16-10-6-7-13(16)12-17/h6-7,10,12H,2-5,8-9,11H2,1H3,(H,15,18). The summed E-state index contributed by atoms with van der Waals surface area (Å²) in [5.41, 5.74) is 0.616. The molecule has 0 unspecified atom stereocenters. The molecule has 0 aliphatic heterocycles. The van der Waals surface area contributed by atoms with E-state index in [1.165, 1.54) is 19.3 Å². The first-order chi connectivity index (χ1) is 8.77. The molecule has 0 fully saturated rings. The lowest BCUT2D eigenvalue weighted by molar-refractivity contribution is -0.121. The minimum atomic E-state index is 0.0528. The Morgan fingerprint density at radius 2 is 2.22 bits per heavy atom. The van der Waals surface area contributed by atoms with Gasteiger partial charge in [0.2, 0.25) is 5.91 Å². The lowest BCUT2D eigenvalue weighted by Crippen LogP contribution is -2.25. The lowest BCUT2D eigenvalue weighted by atomic mass is 10.2. The van der Waals surface area contributed by atoms with E-state index in [4.69, 9.17) is 0 Å². The fourth-order valence-corrected chi connectivity index (χ4v) is 1.83. The number of hydrogen-bond donors (Lipinski definition) is 1. The molecule has 0 bridgehead atoms. The Morgan fingerprint density at radius 3 is 2.94 bits per heavy atom. The van der Waals surface area contributed by atoms with Crippen LogP contribution in [0.1, 0.15) is 49.5 Å². The maximum absolute atomic E-state index is 11.6. The van der Waals surface area contributed by atoms with Crippen LogP contribution in [-0.4, -0.2) is 23.3 Å². The maximum Gasteiger partial charge on any atom is 0.221 e. The molecule has 0 aromatic carbocycles. The van der Waals surface area contributed by atoms with Gasteiger partial charge in [-0.3, -0.25) is 9.59 Å². The Hall–Kier alpha value is -1.58. The summed E-state index contributed by atoms with van der Waals surface area (Å²) in [6.45, 7) is 3.48. The molecule has 0 radical (unpaired) electrons. The molecule has 1 rings (SSSR count). The molecule has 4 heteroatoms. The van der Waals surface area contributed by atoms with E-state index in [0.29, 0.717) is 18.7 Å². The van der Waals surface area contributed by atoms with Crippen molar-refractivity contribution in [2.45, 2.75) is 45.6 Å². The third-order valence-electron chi connectivity index (χ3n) is 2.92. The fraction of sp³-hybridized carbons (Fsp3) is 0.571. The average molecular weight is 250 g/mol. The van der Waals surface area contributed by atoms with E-state index in [-0.39, 0.29) is 5.91 Å². The SMILES string of the molecule is CCCCCCNC(=O)CCn1cccc1C=O. The van der Waals surface area contributed by atoms with Gasteiger partial charge < -0.3 is 9.88 Å². The minimum Gasteiger partial charge on any atom is -0.356 e. The topological polar surface area (TPSA) is 51.1 Å². The molecule has 4 nitrogen and oxygen atoms in total. The van der Waals surface area contributed by atoms with Gasteiger partial charge in [-0.25, -0.2) is 0 Å². The molecule has 0 saturated heterocycles. The van der Waals surface area contributed by atoms with Crippen LogP contribution in [-0.2, 0) is 11.3 Å². The van der Waals surface area contributed by atoms with E-state index in [1.807, 2.05) is 12.3 Å². The van der Waals surface area contributed by atoms with Crippen molar-refractivity contribution < 1.29 is 9.59 Å². The quantitative estimate of drug-likeness (QED) is 0.540. The smallest absolute Gasteiger partial charge is 0.221 e. The second-order valence-electron chi connectivity index (χ2n) is 4.40. The Balaban J connectivity index is 2.15. The third-order valence-corrected chi connectivity index (χ3v) is 2.92. The van der Waals surface area contributed by atoms with Gasteiger partial charge in [0.25, 0.3) is 0 Å². The van der Waals surface area contributed by atoms with Gasteiger partial charge in [-0.1, -0.05) is 26.2 Å². The van der Waals surface area contributed by atoms with Crippen molar-refractivity contribution in [3.05, 3.63) is 24.0 Å². The summed E-state index contributed by atoms with van der Waals surface area (Å²) in [6, 6.07) is 3.56. The molecule has 100 valence electrons. The maximum atomic E-state index is 11.6. The van der Waals surface area contributed by atoms with Gasteiger partial charge >= 0.3 is 0 Å². The first-order valence-corrected chi connectivity index (χ1v) is 6.65. The van der Waals surface area contributed by atoms with Crippen LogP contribution in [0.5, 0.6) is 0 Å². The summed E-state index contributed by atoms with van der Waals surface area (Å²) in [4.78, 5) is 22.2. The minimum absolute atomic E-state index is 0.0528. The summed E-state index contributed by atoms with van der Waals surface area (Å²) in [7, 11) is 0. The zero-order valence-corrected chi connectivity index (χ0v) is 11.0. The van der Waals surface area contributed by atoms with Crippen LogP contribution in [0.3, 0.4) is 0 Å². The Kier molecular flexibility index (Phi) is 6.84. The van der Waals surface area contributed by atoms with E-state index in [0.717, 1.165) is 19.3 Å². The zero-order chi connectivity index (χ0) is 13.2. The van der Waals surface area contributed by atoms with Crippen LogP contribution in [0, 0.1) is 0 Å². The molecule has 1 aromatic heterocycles. The fourth-order valence-electron chi connectivity index (χ4n) is 1.83. The summed E-state index contributed by atoms with van der Waals surface area (Å²) in [5, 5.41) is 2.90. The van der Waals surface area contributed by atoms with Crippen LogP contribution < -0.4 is 5.32 Å². The van der Waals surface area contributed by atoms with E-state index >= 15 is 0 Å². The second-order valence-corrected chi connectivity index (χ2v) is 4.40. The van der Waals surface area contributed by atoms with Crippen LogP contribution in [0.25, 0.3) is 0 Å². The van der Waals surface area contributed by atoms with Crippen molar-refractivity contribution in [1.82, 2.24) is 9.88 Å². The van der Waals surface area contributed by atoms with Gasteiger partial charge in [-0.05, 0) is 18.6 Å². The Bertz CT molecular complexity index is 372. The van der Waals surface area contributed by atoms with E-state index < -0.39 is 0 Å². The Morgan fingerprint density at radius 1 is 1.39 bits per heavy atom. The molecule has 1 heterocycles. The predicted octanol–water partition coefficient (Wildman–Crippen LogP) is 2.39. The van der Waals surface area contributed by atoms with Gasteiger partial charge in [0.05, 0.1) is 5.69 Å². The van der Waals surface area contributed by atoms with Crippen LogP contribution >= 0.6 is 0 Å². The molecule has 1 aromatic rings. The van der Waals surface area contributed by atoms with Crippen LogP contribution in [0.2, 0.25) is 0 Å². The number of aromatic nitrogens is 1. The van der Waals surface area contributed by atoms with Gasteiger partial charge in [0, 0.05) is 25.7 Å². The number of nitrogens with zero attached hydrogens (tertiary/aromatic N) is 1. The molecule has 18 heavy (non-hydrogen) atoms. The van der Waals surface area contributed by atoms with Crippen molar-refractivity contribution in [3.63, 3.8) is 0 Å². The second kappa shape index (κ2) is 8.50. The molecule has 0 aliphatic rings. The first-order valence-electron chi connectivity index (χ1n) is 6.65. The van der Waals surface area contributed by atoms with Crippen molar-refractivity contribution in [3.8, 4) is 0 Å². The van der Waals surface area contributed by atoms with Gasteiger partial charge in [0.15, 0.2) is 6.29 Å². The number of amides is 1. The number of carbonyl (C=O) groups is 2. The number of rotatable bonds is 9. The highest BCUT2D eigenvalue weighted by Gasteiger charge is 2.03. The van der Waals surface area contributed by atoms with Gasteiger partial charge in [-0.2, -0.15) is 0 Å². The summed E-state index contributed by atoms with van der Waals surface area (Å²) in [5.74, 6) is 0.0528. The van der Waals surface area contributed by atoms with E-state index in [2.05, 4.69) is 12.2 Å². The summed E-state index contributed by atoms with van der Waals surface area (Å²) in [6.07, 6.45) is 7.69. The van der Waals surface area contributed by atoms with Crippen molar-refractivity contribution in [2.75, 3.05) is 6.54 Å². The van der Waals surface area contributed by atoms with Crippen molar-refractivity contribution >= 4 is 12.2 Å². The largest absolute Gasteiger partial charge is 0.356 e. The molecule has 0 saturated carbocycles. The van der Waals surface area contributed by atoms with Crippen molar-refractivity contribution in [2.24, 2.45) is 0 Å². The molecule has 1 N–H and O–H groups in total. The highest BCUT2D eigenvalue weighted by atomic mass is 16.1. The number of aryl methyl sites for hydroxylation is 1. The molecule has 1 amide bonds. The summed E-state index contributed by atoms with van der Waals surface area (Å²) < 4.78 is 1.80. The third kappa shape index (κ3) is 5.17. The van der Waals surface area contributed by atoms with Gasteiger partial charge in [0.1, 0.15) is 0 Å². The number of carbonyl (C=O) groups excluding carboxylic acids is 2. The normalized spacial score (nSPS) is 10.3. The molecular weight excluding hydrogens is 228 g/mol. The summed E-state index contributed by atoms with van der Waals surface area (Å²) >= 11 is 0. The predicted molar refractivity (Wildman–Crippen MR) is 71.6 cm³/mol. The number of aldehydes is 1. The number of unbranched alkanes of at least 4 members (excludes halogenated alkanes) is 3. The van der Waals surface area contributed by atoms with E-state index in [9.17, 15) is 9.59 Å². The monoisotopic (exact) mass is 250 g/mol. The first kappa shape index (κ1) is 14.5. The molecule has 0 atom stereocenters. The highest BCUT2D eigenvalue weighted by Crippen LogP contribution is 2.01. The zero-order valence-electron chi connectivity index (χ0n) is 11.0. The highest BCUT2D eigenvalue weighted by molar-refractivity contribution is 5.76. The molecule has 0 spiro atoms. The van der Waals surface area contributed by atoms with Crippen molar-refractivity contribution in [1.29, 1.82) is 0 Å². The Labute approximate surface area is 108 Å². The average Bonchev–Trinajstić information content (AvgIpc) is 2.83. The van der Waals surface area contributed by atoms with Gasteiger partial charge in [-0.15, -0.1) is 0 Å². The van der Waals surface area contributed by atoms with Crippen LogP contribution in [0.15, 0.2) is 18.3 Å². The van der Waals surface area contributed by atoms with E-state index in [1.54, 1.807) is 10.6 Å². The van der Waals surface area contributed by atoms with Crippen LogP contribution in [0.4, 0.5) is 0 Å². The lowest BCUT2D eigenvalue weighted by Gasteiger charge is -2.07.